The SMILES string of the molecule is C=CCOc1ccc(CN[C@@H](C)CC)cc1OC. The van der Waals surface area contributed by atoms with Crippen molar-refractivity contribution in [1.82, 2.24) is 5.32 Å². The Balaban J connectivity index is 2.68. The van der Waals surface area contributed by atoms with Gasteiger partial charge in [0, 0.05) is 12.6 Å². The summed E-state index contributed by atoms with van der Waals surface area (Å²) in [5, 5.41) is 3.45. The largest absolute Gasteiger partial charge is 0.493 e. The van der Waals surface area contributed by atoms with Crippen LogP contribution in [0.1, 0.15) is 25.8 Å². The zero-order valence-electron chi connectivity index (χ0n) is 11.5. The third-order valence-corrected chi connectivity index (χ3v) is 2.85. The first-order chi connectivity index (χ1) is 8.71. The van der Waals surface area contributed by atoms with E-state index in [9.17, 15) is 0 Å². The lowest BCUT2D eigenvalue weighted by atomic mass is 10.1. The molecule has 1 atom stereocenters. The Kier molecular flexibility index (Phi) is 6.29. The van der Waals surface area contributed by atoms with Crippen LogP contribution in [0.15, 0.2) is 30.9 Å². The van der Waals surface area contributed by atoms with Crippen LogP contribution in [0.5, 0.6) is 11.5 Å². The molecule has 0 aromatic heterocycles. The van der Waals surface area contributed by atoms with Crippen molar-refractivity contribution in [2.45, 2.75) is 32.9 Å². The molecular weight excluding hydrogens is 226 g/mol. The molecule has 100 valence electrons. The second-order valence-corrected chi connectivity index (χ2v) is 4.28. The van der Waals surface area contributed by atoms with E-state index in [1.165, 1.54) is 5.56 Å². The molecule has 0 amide bonds. The number of nitrogens with one attached hydrogen (secondary N) is 1. The monoisotopic (exact) mass is 249 g/mol. The molecule has 0 aliphatic carbocycles. The van der Waals surface area contributed by atoms with Crippen molar-refractivity contribution in [3.05, 3.63) is 36.4 Å². The number of benzene rings is 1. The molecule has 0 radical (unpaired) electrons. The molecule has 18 heavy (non-hydrogen) atoms. The summed E-state index contributed by atoms with van der Waals surface area (Å²) in [6.07, 6.45) is 2.84. The van der Waals surface area contributed by atoms with Gasteiger partial charge in [0.1, 0.15) is 6.61 Å². The summed E-state index contributed by atoms with van der Waals surface area (Å²) in [4.78, 5) is 0. The maximum absolute atomic E-state index is 5.52. The average Bonchev–Trinajstić information content (AvgIpc) is 2.42. The molecule has 0 spiro atoms. The standard InChI is InChI=1S/C15H23NO2/c1-5-9-18-14-8-7-13(10-15(14)17-4)11-16-12(3)6-2/h5,7-8,10,12,16H,1,6,9,11H2,2-4H3/t12-/m0/s1. The normalized spacial score (nSPS) is 11.9. The molecular formula is C15H23NO2. The first-order valence-electron chi connectivity index (χ1n) is 6.35. The quantitative estimate of drug-likeness (QED) is 0.718. The van der Waals surface area contributed by atoms with Gasteiger partial charge in [-0.2, -0.15) is 0 Å². The molecule has 0 heterocycles. The van der Waals surface area contributed by atoms with Crippen LogP contribution in [0.4, 0.5) is 0 Å². The van der Waals surface area contributed by atoms with Gasteiger partial charge in [0.05, 0.1) is 7.11 Å². The van der Waals surface area contributed by atoms with Gasteiger partial charge in [-0.05, 0) is 31.0 Å². The van der Waals surface area contributed by atoms with E-state index in [2.05, 4.69) is 31.8 Å². The predicted octanol–water partition coefficient (Wildman–Crippen LogP) is 3.15. The van der Waals surface area contributed by atoms with Gasteiger partial charge < -0.3 is 14.8 Å². The van der Waals surface area contributed by atoms with Crippen molar-refractivity contribution >= 4 is 0 Å². The van der Waals surface area contributed by atoms with Gasteiger partial charge in [0.25, 0.3) is 0 Å². The summed E-state index contributed by atoms with van der Waals surface area (Å²) in [5.41, 5.74) is 1.19. The Labute approximate surface area is 110 Å². The second-order valence-electron chi connectivity index (χ2n) is 4.28. The van der Waals surface area contributed by atoms with Crippen molar-refractivity contribution in [3.8, 4) is 11.5 Å². The van der Waals surface area contributed by atoms with E-state index in [0.29, 0.717) is 12.6 Å². The van der Waals surface area contributed by atoms with Gasteiger partial charge in [-0.25, -0.2) is 0 Å². The van der Waals surface area contributed by atoms with E-state index < -0.39 is 0 Å². The molecule has 1 rings (SSSR count). The molecule has 0 unspecified atom stereocenters. The number of hydrogen-bond donors (Lipinski definition) is 1. The van der Waals surface area contributed by atoms with Crippen LogP contribution in [-0.2, 0) is 6.54 Å². The minimum Gasteiger partial charge on any atom is -0.493 e. The number of ether oxygens (including phenoxy) is 2. The smallest absolute Gasteiger partial charge is 0.161 e. The van der Waals surface area contributed by atoms with Crippen LogP contribution in [0.3, 0.4) is 0 Å². The van der Waals surface area contributed by atoms with Crippen LogP contribution in [-0.4, -0.2) is 19.8 Å². The van der Waals surface area contributed by atoms with E-state index >= 15 is 0 Å². The maximum Gasteiger partial charge on any atom is 0.161 e. The fourth-order valence-electron chi connectivity index (χ4n) is 1.53. The third-order valence-electron chi connectivity index (χ3n) is 2.85. The Hall–Kier alpha value is -1.48. The Morgan fingerprint density at radius 1 is 1.39 bits per heavy atom. The highest BCUT2D eigenvalue weighted by molar-refractivity contribution is 5.43. The lowest BCUT2D eigenvalue weighted by molar-refractivity contribution is 0.326. The molecule has 0 saturated carbocycles. The Morgan fingerprint density at radius 3 is 2.78 bits per heavy atom. The lowest BCUT2D eigenvalue weighted by Crippen LogP contribution is -2.24. The highest BCUT2D eigenvalue weighted by Crippen LogP contribution is 2.28. The van der Waals surface area contributed by atoms with Gasteiger partial charge in [-0.15, -0.1) is 0 Å². The number of hydrogen-bond acceptors (Lipinski definition) is 3. The van der Waals surface area contributed by atoms with E-state index in [1.54, 1.807) is 13.2 Å². The minimum atomic E-state index is 0.487. The van der Waals surface area contributed by atoms with Crippen LogP contribution < -0.4 is 14.8 Å². The topological polar surface area (TPSA) is 30.5 Å². The molecule has 0 saturated heterocycles. The van der Waals surface area contributed by atoms with Gasteiger partial charge in [-0.3, -0.25) is 0 Å². The van der Waals surface area contributed by atoms with Gasteiger partial charge in [-0.1, -0.05) is 25.6 Å². The van der Waals surface area contributed by atoms with Crippen LogP contribution in [0, 0.1) is 0 Å². The second kappa shape index (κ2) is 7.77. The molecule has 0 fully saturated rings. The predicted molar refractivity (Wildman–Crippen MR) is 75.3 cm³/mol. The van der Waals surface area contributed by atoms with Gasteiger partial charge >= 0.3 is 0 Å². The Bertz CT molecular complexity index is 377. The first kappa shape index (κ1) is 14.6. The van der Waals surface area contributed by atoms with Crippen molar-refractivity contribution in [1.29, 1.82) is 0 Å². The molecule has 1 aromatic carbocycles. The first-order valence-corrected chi connectivity index (χ1v) is 6.35. The molecule has 1 N–H and O–H groups in total. The highest BCUT2D eigenvalue weighted by atomic mass is 16.5. The highest BCUT2D eigenvalue weighted by Gasteiger charge is 2.06. The summed E-state index contributed by atoms with van der Waals surface area (Å²) < 4.78 is 10.8. The van der Waals surface area contributed by atoms with Crippen molar-refractivity contribution in [2.24, 2.45) is 0 Å². The summed E-state index contributed by atoms with van der Waals surface area (Å²) in [7, 11) is 1.65. The molecule has 3 heteroatoms. The van der Waals surface area contributed by atoms with Crippen molar-refractivity contribution < 1.29 is 9.47 Å². The molecule has 0 bridgehead atoms. The van der Waals surface area contributed by atoms with E-state index in [0.717, 1.165) is 24.5 Å². The number of rotatable bonds is 8. The van der Waals surface area contributed by atoms with Crippen LogP contribution in [0.2, 0.25) is 0 Å². The molecule has 3 nitrogen and oxygen atoms in total. The lowest BCUT2D eigenvalue weighted by Gasteiger charge is -2.14. The Morgan fingerprint density at radius 2 is 2.17 bits per heavy atom. The summed E-state index contributed by atoms with van der Waals surface area (Å²) in [6, 6.07) is 6.52. The van der Waals surface area contributed by atoms with E-state index in [1.807, 2.05) is 12.1 Å². The third kappa shape index (κ3) is 4.41. The van der Waals surface area contributed by atoms with E-state index in [4.69, 9.17) is 9.47 Å². The summed E-state index contributed by atoms with van der Waals surface area (Å²) in [6.45, 7) is 9.31. The van der Waals surface area contributed by atoms with Gasteiger partial charge in [0.15, 0.2) is 11.5 Å². The molecule has 0 aliphatic heterocycles. The molecule has 0 aliphatic rings. The van der Waals surface area contributed by atoms with E-state index in [-0.39, 0.29) is 0 Å². The fraction of sp³-hybridized carbons (Fsp3) is 0.467. The summed E-state index contributed by atoms with van der Waals surface area (Å²) >= 11 is 0. The fourth-order valence-corrected chi connectivity index (χ4v) is 1.53. The van der Waals surface area contributed by atoms with Crippen LogP contribution >= 0.6 is 0 Å². The minimum absolute atomic E-state index is 0.487. The van der Waals surface area contributed by atoms with Gasteiger partial charge in [0.2, 0.25) is 0 Å². The maximum atomic E-state index is 5.52. The average molecular weight is 249 g/mol. The molecule has 1 aromatic rings. The zero-order chi connectivity index (χ0) is 13.4. The zero-order valence-corrected chi connectivity index (χ0v) is 11.5. The van der Waals surface area contributed by atoms with Crippen molar-refractivity contribution in [3.63, 3.8) is 0 Å². The number of methoxy groups -OCH3 is 1. The van der Waals surface area contributed by atoms with Crippen molar-refractivity contribution in [2.75, 3.05) is 13.7 Å². The summed E-state index contributed by atoms with van der Waals surface area (Å²) in [5.74, 6) is 1.52. The van der Waals surface area contributed by atoms with Crippen LogP contribution in [0.25, 0.3) is 0 Å².